The van der Waals surface area contributed by atoms with Crippen molar-refractivity contribution in [1.29, 1.82) is 5.26 Å². The van der Waals surface area contributed by atoms with Gasteiger partial charge >= 0.3 is 0 Å². The Kier molecular flexibility index (Phi) is 3.72. The Hall–Kier alpha value is -1.83. The molecule has 1 aliphatic carbocycles. The predicted molar refractivity (Wildman–Crippen MR) is 85.4 cm³/mol. The highest BCUT2D eigenvalue weighted by Gasteiger charge is 2.59. The second-order valence-corrected chi connectivity index (χ2v) is 8.10. The molecular weight excluding hydrogens is 318 g/mol. The summed E-state index contributed by atoms with van der Waals surface area (Å²) in [5, 5.41) is 9.14. The molecule has 0 aromatic heterocycles. The van der Waals surface area contributed by atoms with E-state index < -0.39 is 21.0 Å². The van der Waals surface area contributed by atoms with E-state index in [0.717, 1.165) is 11.1 Å². The highest BCUT2D eigenvalue weighted by atomic mass is 35.5. The molecule has 0 saturated heterocycles. The number of nitrogens with zero attached hydrogens (tertiary/aromatic N) is 1. The molecule has 1 aliphatic rings. The standard InChI is InChI=1S/C17H14ClNO2S/c1-11-5-7-14(8-6-11)22(20,21)17-15(10-19)16(17)12-3-2-4-13(18)9-12/h2-9,15-17H,1H3/t15-,16+,17+/m0/s1. The molecule has 2 aromatic rings. The van der Waals surface area contributed by atoms with Gasteiger partial charge in [0.2, 0.25) is 0 Å². The van der Waals surface area contributed by atoms with Gasteiger partial charge in [-0.3, -0.25) is 0 Å². The Bertz CT molecular complexity index is 853. The summed E-state index contributed by atoms with van der Waals surface area (Å²) in [6.45, 7) is 1.90. The molecule has 3 rings (SSSR count). The fourth-order valence-corrected chi connectivity index (χ4v) is 5.09. The summed E-state index contributed by atoms with van der Waals surface area (Å²) in [4.78, 5) is 0.271. The largest absolute Gasteiger partial charge is 0.223 e. The van der Waals surface area contributed by atoms with Crippen LogP contribution in [0.25, 0.3) is 0 Å². The first kappa shape index (κ1) is 15.1. The van der Waals surface area contributed by atoms with Crippen LogP contribution in [0.2, 0.25) is 5.02 Å². The third-order valence-corrected chi connectivity index (χ3v) is 6.51. The van der Waals surface area contributed by atoms with Crippen molar-refractivity contribution in [3.63, 3.8) is 0 Å². The van der Waals surface area contributed by atoms with E-state index in [1.165, 1.54) is 0 Å². The van der Waals surface area contributed by atoms with Gasteiger partial charge in [0.1, 0.15) is 0 Å². The van der Waals surface area contributed by atoms with Crippen molar-refractivity contribution in [3.05, 3.63) is 64.7 Å². The lowest BCUT2D eigenvalue weighted by atomic mass is 10.1. The van der Waals surface area contributed by atoms with Gasteiger partial charge in [-0.05, 0) is 36.8 Å². The highest BCUT2D eigenvalue weighted by molar-refractivity contribution is 7.92. The molecule has 5 heteroatoms. The maximum atomic E-state index is 12.8. The van der Waals surface area contributed by atoms with Crippen molar-refractivity contribution in [2.45, 2.75) is 23.0 Å². The first-order valence-corrected chi connectivity index (χ1v) is 8.83. The summed E-state index contributed by atoms with van der Waals surface area (Å²) < 4.78 is 25.5. The van der Waals surface area contributed by atoms with Crippen molar-refractivity contribution in [1.82, 2.24) is 0 Å². The van der Waals surface area contributed by atoms with Crippen LogP contribution in [0.4, 0.5) is 0 Å². The van der Waals surface area contributed by atoms with Gasteiger partial charge in [-0.15, -0.1) is 0 Å². The molecule has 2 aromatic carbocycles. The van der Waals surface area contributed by atoms with Crippen LogP contribution >= 0.6 is 11.6 Å². The Labute approximate surface area is 135 Å². The molecule has 0 N–H and O–H groups in total. The summed E-state index contributed by atoms with van der Waals surface area (Å²) in [6.07, 6.45) is 0. The molecule has 0 spiro atoms. The third-order valence-electron chi connectivity index (χ3n) is 4.04. The number of sulfone groups is 1. The van der Waals surface area contributed by atoms with Crippen molar-refractivity contribution < 1.29 is 8.42 Å². The quantitative estimate of drug-likeness (QED) is 0.861. The average Bonchev–Trinajstić information content (AvgIpc) is 3.23. The van der Waals surface area contributed by atoms with E-state index in [4.69, 9.17) is 11.6 Å². The first-order valence-electron chi connectivity index (χ1n) is 6.91. The van der Waals surface area contributed by atoms with Crippen molar-refractivity contribution in [3.8, 4) is 6.07 Å². The van der Waals surface area contributed by atoms with Crippen molar-refractivity contribution in [2.75, 3.05) is 0 Å². The van der Waals surface area contributed by atoms with Crippen LogP contribution < -0.4 is 0 Å². The van der Waals surface area contributed by atoms with Crippen LogP contribution in [-0.2, 0) is 9.84 Å². The second kappa shape index (κ2) is 5.42. The third kappa shape index (κ3) is 2.51. The summed E-state index contributed by atoms with van der Waals surface area (Å²) in [7, 11) is -3.52. The van der Waals surface area contributed by atoms with Crippen LogP contribution in [0, 0.1) is 24.2 Å². The van der Waals surface area contributed by atoms with Crippen LogP contribution in [0.1, 0.15) is 17.0 Å². The molecule has 0 aliphatic heterocycles. The Morgan fingerprint density at radius 1 is 1.14 bits per heavy atom. The molecule has 3 atom stereocenters. The maximum Gasteiger partial charge on any atom is 0.183 e. The van der Waals surface area contributed by atoms with E-state index in [2.05, 4.69) is 6.07 Å². The van der Waals surface area contributed by atoms with E-state index in [9.17, 15) is 13.7 Å². The van der Waals surface area contributed by atoms with Crippen LogP contribution in [-0.4, -0.2) is 13.7 Å². The van der Waals surface area contributed by atoms with E-state index in [0.29, 0.717) is 5.02 Å². The lowest BCUT2D eigenvalue weighted by molar-refractivity contribution is 0.593. The molecule has 0 amide bonds. The zero-order valence-electron chi connectivity index (χ0n) is 11.9. The first-order chi connectivity index (χ1) is 10.4. The molecule has 1 fully saturated rings. The van der Waals surface area contributed by atoms with Crippen LogP contribution in [0.15, 0.2) is 53.4 Å². The number of rotatable bonds is 3. The van der Waals surface area contributed by atoms with Crippen molar-refractivity contribution in [2.24, 2.45) is 5.92 Å². The summed E-state index contributed by atoms with van der Waals surface area (Å²) in [6, 6.07) is 15.9. The molecule has 1 saturated carbocycles. The van der Waals surface area contributed by atoms with Gasteiger partial charge in [-0.1, -0.05) is 41.4 Å². The number of hydrogen-bond donors (Lipinski definition) is 0. The Balaban J connectivity index is 1.98. The summed E-state index contributed by atoms with van der Waals surface area (Å²) >= 11 is 5.97. The van der Waals surface area contributed by atoms with E-state index >= 15 is 0 Å². The topological polar surface area (TPSA) is 57.9 Å². The Morgan fingerprint density at radius 2 is 1.82 bits per heavy atom. The average molecular weight is 332 g/mol. The number of hydrogen-bond acceptors (Lipinski definition) is 3. The number of benzene rings is 2. The van der Waals surface area contributed by atoms with Gasteiger partial charge in [-0.2, -0.15) is 5.26 Å². The molecule has 0 radical (unpaired) electrons. The molecule has 3 nitrogen and oxygen atoms in total. The molecule has 0 heterocycles. The lowest BCUT2D eigenvalue weighted by Crippen LogP contribution is -2.10. The molecule has 112 valence electrons. The van der Waals surface area contributed by atoms with E-state index in [1.54, 1.807) is 42.5 Å². The van der Waals surface area contributed by atoms with Gasteiger partial charge in [-0.25, -0.2) is 8.42 Å². The number of nitriles is 1. The molecule has 0 unspecified atom stereocenters. The van der Waals surface area contributed by atoms with Gasteiger partial charge in [0.05, 0.1) is 22.1 Å². The van der Waals surface area contributed by atoms with Gasteiger partial charge in [0, 0.05) is 10.9 Å². The SMILES string of the molecule is Cc1ccc(S(=O)(=O)[C@@H]2[C@@H](C#N)[C@H]2c2cccc(Cl)c2)cc1. The lowest BCUT2D eigenvalue weighted by Gasteiger charge is -2.05. The van der Waals surface area contributed by atoms with Gasteiger partial charge in [0.25, 0.3) is 0 Å². The second-order valence-electron chi connectivity index (χ2n) is 5.56. The molecule has 0 bridgehead atoms. The Morgan fingerprint density at radius 3 is 2.41 bits per heavy atom. The number of halogens is 1. The zero-order chi connectivity index (χ0) is 15.9. The van der Waals surface area contributed by atoms with E-state index in [-0.39, 0.29) is 10.8 Å². The smallest absolute Gasteiger partial charge is 0.183 e. The van der Waals surface area contributed by atoms with E-state index in [1.807, 2.05) is 13.0 Å². The monoisotopic (exact) mass is 331 g/mol. The number of aryl methyl sites for hydroxylation is 1. The fourth-order valence-electron chi connectivity index (χ4n) is 2.82. The molecular formula is C17H14ClNO2S. The van der Waals surface area contributed by atoms with Gasteiger partial charge < -0.3 is 0 Å². The highest BCUT2D eigenvalue weighted by Crippen LogP contribution is 2.53. The minimum atomic E-state index is -3.52. The zero-order valence-corrected chi connectivity index (χ0v) is 13.5. The summed E-state index contributed by atoms with van der Waals surface area (Å²) in [5.74, 6) is -0.834. The minimum absolute atomic E-state index is 0.271. The maximum absolute atomic E-state index is 12.8. The van der Waals surface area contributed by atoms with Crippen LogP contribution in [0.3, 0.4) is 0 Å². The normalized spacial score (nSPS) is 23.8. The fraction of sp³-hybridized carbons (Fsp3) is 0.235. The predicted octanol–water partition coefficient (Wildman–Crippen LogP) is 3.73. The van der Waals surface area contributed by atoms with Crippen molar-refractivity contribution >= 4 is 21.4 Å². The minimum Gasteiger partial charge on any atom is -0.223 e. The molecule has 22 heavy (non-hydrogen) atoms. The van der Waals surface area contributed by atoms with Crippen LogP contribution in [0.5, 0.6) is 0 Å². The van der Waals surface area contributed by atoms with Gasteiger partial charge in [0.15, 0.2) is 9.84 Å². The summed E-state index contributed by atoms with van der Waals surface area (Å²) in [5.41, 5.74) is 1.80.